The quantitative estimate of drug-likeness (QED) is 0.590. The molecule has 0 aliphatic carbocycles. The first-order valence-electron chi connectivity index (χ1n) is 6.17. The predicted molar refractivity (Wildman–Crippen MR) is 78.8 cm³/mol. The van der Waals surface area contributed by atoms with E-state index in [1.165, 1.54) is 0 Å². The molecule has 0 N–H and O–H groups in total. The van der Waals surface area contributed by atoms with Crippen molar-refractivity contribution in [2.75, 3.05) is 0 Å². The molecule has 0 saturated carbocycles. The molecule has 1 aromatic rings. The van der Waals surface area contributed by atoms with Crippen LogP contribution in [0.5, 0.6) is 0 Å². The first-order valence-corrected chi connectivity index (χ1v) is 8.85. The predicted octanol–water partition coefficient (Wildman–Crippen LogP) is 4.00. The van der Waals surface area contributed by atoms with Crippen LogP contribution in [0.25, 0.3) is 0 Å². The van der Waals surface area contributed by atoms with E-state index in [-0.39, 0.29) is 10.9 Å². The molecule has 0 aliphatic rings. The van der Waals surface area contributed by atoms with Crippen LogP contribution < -0.4 is 0 Å². The zero-order valence-electron chi connectivity index (χ0n) is 11.7. The molecule has 21 heavy (non-hydrogen) atoms. The van der Waals surface area contributed by atoms with Crippen molar-refractivity contribution in [1.29, 1.82) is 0 Å². The molecule has 0 saturated heterocycles. The highest BCUT2D eigenvalue weighted by Crippen LogP contribution is 2.27. The summed E-state index contributed by atoms with van der Waals surface area (Å²) in [5.41, 5.74) is -0.558. The fraction of sp³-hybridized carbons (Fsp3) is 0.462. The minimum atomic E-state index is -4.35. The molecule has 1 atom stereocenters. The van der Waals surface area contributed by atoms with Crippen LogP contribution in [0.1, 0.15) is 37.6 Å². The number of benzene rings is 1. The number of ether oxygens (including phenoxy) is 1. The van der Waals surface area contributed by atoms with Gasteiger partial charge in [-0.15, -0.1) is 0 Å². The molecular weight excluding hydrogens is 342 g/mol. The van der Waals surface area contributed by atoms with Crippen molar-refractivity contribution >= 4 is 37.3 Å². The fourth-order valence-corrected chi connectivity index (χ4v) is 3.06. The van der Waals surface area contributed by atoms with Gasteiger partial charge in [0.15, 0.2) is 5.82 Å². The van der Waals surface area contributed by atoms with E-state index < -0.39 is 37.4 Å². The third kappa shape index (κ3) is 5.13. The van der Waals surface area contributed by atoms with Gasteiger partial charge in [-0.3, -0.25) is 0 Å². The summed E-state index contributed by atoms with van der Waals surface area (Å²) in [5.74, 6) is -1.96. The standard InChI is InChI=1S/C13H15Cl2FO4S/c1-7(2)4-8(3)20-13(17)10-5-9(14)6-11(12(10)16)21(15,18)19/h5-8H,4H2,1-3H3. The van der Waals surface area contributed by atoms with Gasteiger partial charge in [-0.2, -0.15) is 0 Å². The van der Waals surface area contributed by atoms with Crippen molar-refractivity contribution in [3.8, 4) is 0 Å². The fourth-order valence-electron chi connectivity index (χ4n) is 1.85. The molecule has 0 spiro atoms. The zero-order valence-corrected chi connectivity index (χ0v) is 14.0. The maximum Gasteiger partial charge on any atom is 0.341 e. The molecule has 0 radical (unpaired) electrons. The second-order valence-electron chi connectivity index (χ2n) is 5.05. The number of hydrogen-bond acceptors (Lipinski definition) is 4. The van der Waals surface area contributed by atoms with Crippen LogP contribution in [0, 0.1) is 11.7 Å². The molecule has 8 heteroatoms. The lowest BCUT2D eigenvalue weighted by Crippen LogP contribution is -2.18. The highest BCUT2D eigenvalue weighted by molar-refractivity contribution is 8.13. The Bertz CT molecular complexity index is 644. The summed E-state index contributed by atoms with van der Waals surface area (Å²) in [5, 5.41) is -0.126. The van der Waals surface area contributed by atoms with Gasteiger partial charge in [-0.1, -0.05) is 25.4 Å². The number of rotatable bonds is 5. The Morgan fingerprint density at radius 1 is 1.33 bits per heavy atom. The molecule has 0 amide bonds. The van der Waals surface area contributed by atoms with Crippen LogP contribution >= 0.6 is 22.3 Å². The minimum Gasteiger partial charge on any atom is -0.459 e. The van der Waals surface area contributed by atoms with Gasteiger partial charge in [0, 0.05) is 15.7 Å². The first-order chi connectivity index (χ1) is 9.52. The van der Waals surface area contributed by atoms with E-state index in [0.717, 1.165) is 12.1 Å². The molecule has 0 heterocycles. The average Bonchev–Trinajstić information content (AvgIpc) is 2.28. The lowest BCUT2D eigenvalue weighted by Gasteiger charge is -2.16. The molecule has 1 aromatic carbocycles. The monoisotopic (exact) mass is 356 g/mol. The Labute approximate surface area is 132 Å². The van der Waals surface area contributed by atoms with E-state index in [1.54, 1.807) is 6.92 Å². The van der Waals surface area contributed by atoms with Gasteiger partial charge < -0.3 is 4.74 Å². The SMILES string of the molecule is CC(C)CC(C)OC(=O)c1cc(Cl)cc(S(=O)(=O)Cl)c1F. The molecule has 0 aliphatic heterocycles. The summed E-state index contributed by atoms with van der Waals surface area (Å²) in [6.07, 6.45) is 0.154. The van der Waals surface area contributed by atoms with Crippen LogP contribution in [-0.2, 0) is 13.8 Å². The van der Waals surface area contributed by atoms with E-state index in [0.29, 0.717) is 6.42 Å². The number of carbonyl (C=O) groups excluding carboxylic acids is 1. The normalized spacial score (nSPS) is 13.3. The van der Waals surface area contributed by atoms with Crippen molar-refractivity contribution < 1.29 is 22.3 Å². The van der Waals surface area contributed by atoms with Gasteiger partial charge in [-0.05, 0) is 31.4 Å². The van der Waals surface area contributed by atoms with Crippen molar-refractivity contribution in [2.24, 2.45) is 5.92 Å². The van der Waals surface area contributed by atoms with E-state index >= 15 is 0 Å². The highest BCUT2D eigenvalue weighted by Gasteiger charge is 2.25. The number of halogens is 3. The number of carbonyl (C=O) groups is 1. The Kier molecular flexibility index (Phi) is 6.01. The first kappa shape index (κ1) is 18.2. The van der Waals surface area contributed by atoms with Crippen molar-refractivity contribution in [3.63, 3.8) is 0 Å². The van der Waals surface area contributed by atoms with Crippen LogP contribution in [0.15, 0.2) is 17.0 Å². The van der Waals surface area contributed by atoms with Crippen LogP contribution in [0.2, 0.25) is 5.02 Å². The summed E-state index contributed by atoms with van der Waals surface area (Å²) in [7, 11) is 0.754. The van der Waals surface area contributed by atoms with E-state index in [4.69, 9.17) is 27.0 Å². The molecule has 0 fully saturated rings. The molecule has 0 aromatic heterocycles. The maximum absolute atomic E-state index is 14.1. The van der Waals surface area contributed by atoms with Crippen LogP contribution in [-0.4, -0.2) is 20.5 Å². The van der Waals surface area contributed by atoms with Gasteiger partial charge in [0.05, 0.1) is 11.7 Å². The van der Waals surface area contributed by atoms with Crippen molar-refractivity contribution in [2.45, 2.75) is 38.2 Å². The third-order valence-electron chi connectivity index (χ3n) is 2.60. The summed E-state index contributed by atoms with van der Waals surface area (Å²) in [4.78, 5) is 11.1. The van der Waals surface area contributed by atoms with Gasteiger partial charge in [0.25, 0.3) is 9.05 Å². The lowest BCUT2D eigenvalue weighted by molar-refractivity contribution is 0.0294. The van der Waals surface area contributed by atoms with E-state index in [2.05, 4.69) is 0 Å². The Morgan fingerprint density at radius 3 is 2.38 bits per heavy atom. The van der Waals surface area contributed by atoms with Crippen molar-refractivity contribution in [1.82, 2.24) is 0 Å². The summed E-state index contributed by atoms with van der Waals surface area (Å²) in [6, 6.07) is 1.85. The molecular formula is C13H15Cl2FO4S. The van der Waals surface area contributed by atoms with Crippen LogP contribution in [0.3, 0.4) is 0 Å². The zero-order chi connectivity index (χ0) is 16.4. The number of hydrogen-bond donors (Lipinski definition) is 0. The summed E-state index contributed by atoms with van der Waals surface area (Å²) < 4.78 is 41.7. The van der Waals surface area contributed by atoms with E-state index in [9.17, 15) is 17.6 Å². The molecule has 1 rings (SSSR count). The second-order valence-corrected chi connectivity index (χ2v) is 8.02. The number of esters is 1. The Morgan fingerprint density at radius 2 is 1.90 bits per heavy atom. The Balaban J connectivity index is 3.14. The summed E-state index contributed by atoms with van der Waals surface area (Å²) in [6.45, 7) is 5.56. The van der Waals surface area contributed by atoms with E-state index in [1.807, 2.05) is 13.8 Å². The van der Waals surface area contributed by atoms with Gasteiger partial charge >= 0.3 is 5.97 Å². The molecule has 0 bridgehead atoms. The van der Waals surface area contributed by atoms with Crippen molar-refractivity contribution in [3.05, 3.63) is 28.5 Å². The van der Waals surface area contributed by atoms with Crippen LogP contribution in [0.4, 0.5) is 4.39 Å². The Hall–Kier alpha value is -0.850. The topological polar surface area (TPSA) is 60.4 Å². The van der Waals surface area contributed by atoms with Gasteiger partial charge in [0.1, 0.15) is 4.90 Å². The third-order valence-corrected chi connectivity index (χ3v) is 4.14. The van der Waals surface area contributed by atoms with Gasteiger partial charge in [-0.25, -0.2) is 17.6 Å². The summed E-state index contributed by atoms with van der Waals surface area (Å²) >= 11 is 5.70. The average molecular weight is 357 g/mol. The molecule has 1 unspecified atom stereocenters. The second kappa shape index (κ2) is 6.94. The minimum absolute atomic E-state index is 0.126. The largest absolute Gasteiger partial charge is 0.459 e. The van der Waals surface area contributed by atoms with Gasteiger partial charge in [0.2, 0.25) is 0 Å². The maximum atomic E-state index is 14.1. The highest BCUT2D eigenvalue weighted by atomic mass is 35.7. The molecule has 118 valence electrons. The lowest BCUT2D eigenvalue weighted by atomic mass is 10.1. The molecule has 4 nitrogen and oxygen atoms in total. The smallest absolute Gasteiger partial charge is 0.341 e.